The van der Waals surface area contributed by atoms with E-state index < -0.39 is 36.3 Å². The third-order valence-corrected chi connectivity index (χ3v) is 8.53. The van der Waals surface area contributed by atoms with Gasteiger partial charge in [0.2, 0.25) is 5.91 Å². The van der Waals surface area contributed by atoms with Crippen molar-refractivity contribution in [2.75, 3.05) is 33.7 Å². The summed E-state index contributed by atoms with van der Waals surface area (Å²) >= 11 is 0. The molecule has 0 bridgehead atoms. The third-order valence-electron chi connectivity index (χ3n) is 8.53. The van der Waals surface area contributed by atoms with E-state index in [0.29, 0.717) is 39.6 Å². The third kappa shape index (κ3) is 7.38. The Morgan fingerprint density at radius 2 is 1.35 bits per heavy atom. The lowest BCUT2D eigenvalue weighted by molar-refractivity contribution is -0.129. The van der Waals surface area contributed by atoms with E-state index in [4.69, 9.17) is 4.74 Å². The molecule has 1 unspecified atom stereocenters. The van der Waals surface area contributed by atoms with Crippen molar-refractivity contribution in [2.45, 2.75) is 25.9 Å². The van der Waals surface area contributed by atoms with Crippen LogP contribution in [0.2, 0.25) is 0 Å². The second-order valence-corrected chi connectivity index (χ2v) is 12.3. The molecule has 52 heavy (non-hydrogen) atoms. The fourth-order valence-electron chi connectivity index (χ4n) is 6.12. The number of hydrogen-bond acceptors (Lipinski definition) is 6. The number of ether oxygens (including phenoxy) is 1. The monoisotopic (exact) mass is 695 g/mol. The highest BCUT2D eigenvalue weighted by atomic mass is 16.5. The predicted molar refractivity (Wildman–Crippen MR) is 200 cm³/mol. The van der Waals surface area contributed by atoms with Gasteiger partial charge in [0.15, 0.2) is 11.8 Å². The van der Waals surface area contributed by atoms with Gasteiger partial charge in [0.1, 0.15) is 12.3 Å². The van der Waals surface area contributed by atoms with E-state index in [2.05, 4.69) is 10.6 Å². The SMILES string of the molecule is COc1ccc(N(C(=O)CN2C(=O)C(NC(=O)Nc3cccc(C(=O)c4ccccc4)c3)C(=O)N(c3ccccc3)c3ccccc32)C(C)C)cc1. The zero-order valence-corrected chi connectivity index (χ0v) is 28.9. The number of hydrogen-bond donors (Lipinski definition) is 2. The van der Waals surface area contributed by atoms with E-state index in [1.165, 1.54) is 15.9 Å². The zero-order valence-electron chi connectivity index (χ0n) is 28.9. The van der Waals surface area contributed by atoms with Crippen LogP contribution in [0.4, 0.5) is 33.2 Å². The van der Waals surface area contributed by atoms with E-state index in [-0.39, 0.29) is 17.5 Å². The number of carbonyl (C=O) groups is 5. The minimum absolute atomic E-state index is 0.236. The predicted octanol–water partition coefficient (Wildman–Crippen LogP) is 6.57. The molecule has 1 heterocycles. The van der Waals surface area contributed by atoms with Crippen LogP contribution >= 0.6 is 0 Å². The summed E-state index contributed by atoms with van der Waals surface area (Å²) in [6, 6.07) is 34.8. The largest absolute Gasteiger partial charge is 0.497 e. The van der Waals surface area contributed by atoms with Gasteiger partial charge in [-0.1, -0.05) is 72.8 Å². The summed E-state index contributed by atoms with van der Waals surface area (Å²) in [6.07, 6.45) is 0. The average molecular weight is 696 g/mol. The maximum absolute atomic E-state index is 14.5. The standard InChI is InChI=1S/C41H37N5O6/c1-27(2)45(32-21-23-33(52-3)24-22-32)36(47)26-44-34-19-10-11-20-35(34)46(31-17-8-5-9-18-31)40(50)37(39(44)49)43-41(51)42-30-16-12-15-29(25-30)38(48)28-13-6-4-7-14-28/h4-25,27,37H,26H2,1-3H3,(H2,42,43,51). The second-order valence-electron chi connectivity index (χ2n) is 12.3. The second kappa shape index (κ2) is 15.4. The molecule has 5 aromatic rings. The summed E-state index contributed by atoms with van der Waals surface area (Å²) in [5.74, 6) is -1.55. The molecule has 5 amide bonds. The molecule has 0 radical (unpaired) electrons. The van der Waals surface area contributed by atoms with Crippen LogP contribution in [-0.2, 0) is 14.4 Å². The maximum atomic E-state index is 14.5. The first-order valence-electron chi connectivity index (χ1n) is 16.7. The van der Waals surface area contributed by atoms with Gasteiger partial charge in [-0.05, 0) is 74.5 Å². The molecule has 1 atom stereocenters. The van der Waals surface area contributed by atoms with Crippen molar-refractivity contribution >= 4 is 58.0 Å². The highest BCUT2D eigenvalue weighted by Crippen LogP contribution is 2.38. The molecular formula is C41H37N5O6. The quantitative estimate of drug-likeness (QED) is 0.126. The zero-order chi connectivity index (χ0) is 36.8. The summed E-state index contributed by atoms with van der Waals surface area (Å²) < 4.78 is 5.28. The number of amides is 5. The van der Waals surface area contributed by atoms with Crippen LogP contribution in [0.5, 0.6) is 5.75 Å². The molecule has 262 valence electrons. The van der Waals surface area contributed by atoms with Gasteiger partial charge in [-0.3, -0.25) is 29.0 Å². The van der Waals surface area contributed by atoms with E-state index >= 15 is 0 Å². The molecule has 0 saturated carbocycles. The summed E-state index contributed by atoms with van der Waals surface area (Å²) in [6.45, 7) is 3.29. The van der Waals surface area contributed by atoms with E-state index in [0.717, 1.165) is 0 Å². The fourth-order valence-corrected chi connectivity index (χ4v) is 6.12. The van der Waals surface area contributed by atoms with Crippen molar-refractivity contribution in [3.05, 3.63) is 145 Å². The summed E-state index contributed by atoms with van der Waals surface area (Å²) in [5, 5.41) is 5.23. The lowest BCUT2D eigenvalue weighted by Crippen LogP contribution is -2.57. The van der Waals surface area contributed by atoms with Crippen LogP contribution in [0.1, 0.15) is 29.8 Å². The van der Waals surface area contributed by atoms with Gasteiger partial charge in [0.05, 0.1) is 18.5 Å². The minimum Gasteiger partial charge on any atom is -0.497 e. The summed E-state index contributed by atoms with van der Waals surface area (Å²) in [7, 11) is 1.55. The molecule has 11 nitrogen and oxygen atoms in total. The van der Waals surface area contributed by atoms with Crippen molar-refractivity contribution < 1.29 is 28.7 Å². The number of benzene rings is 5. The fraction of sp³-hybridized carbons (Fsp3) is 0.146. The maximum Gasteiger partial charge on any atom is 0.320 e. The summed E-state index contributed by atoms with van der Waals surface area (Å²) in [4.78, 5) is 73.9. The minimum atomic E-state index is -1.73. The van der Waals surface area contributed by atoms with Crippen LogP contribution in [0.25, 0.3) is 0 Å². The van der Waals surface area contributed by atoms with Gasteiger partial charge in [0.25, 0.3) is 11.8 Å². The Morgan fingerprint density at radius 1 is 0.731 bits per heavy atom. The lowest BCUT2D eigenvalue weighted by Gasteiger charge is -2.31. The molecule has 0 saturated heterocycles. The van der Waals surface area contributed by atoms with Crippen LogP contribution in [0.15, 0.2) is 133 Å². The Hall–Kier alpha value is -6.75. The molecule has 1 aliphatic rings. The van der Waals surface area contributed by atoms with Gasteiger partial charge < -0.3 is 20.3 Å². The van der Waals surface area contributed by atoms with Crippen molar-refractivity contribution in [2.24, 2.45) is 0 Å². The van der Waals surface area contributed by atoms with Crippen molar-refractivity contribution in [3.8, 4) is 5.75 Å². The van der Waals surface area contributed by atoms with Crippen molar-refractivity contribution in [3.63, 3.8) is 0 Å². The van der Waals surface area contributed by atoms with Crippen LogP contribution in [0.3, 0.4) is 0 Å². The Kier molecular flexibility index (Phi) is 10.4. The van der Waals surface area contributed by atoms with Gasteiger partial charge >= 0.3 is 6.03 Å². The topological polar surface area (TPSA) is 128 Å². The van der Waals surface area contributed by atoms with Crippen molar-refractivity contribution in [1.29, 1.82) is 0 Å². The molecule has 0 fully saturated rings. The number of urea groups is 1. The first-order valence-corrected chi connectivity index (χ1v) is 16.7. The van der Waals surface area contributed by atoms with Crippen molar-refractivity contribution in [1.82, 2.24) is 5.32 Å². The number of anilines is 5. The van der Waals surface area contributed by atoms with E-state index in [9.17, 15) is 24.0 Å². The molecule has 5 aromatic carbocycles. The molecule has 6 rings (SSSR count). The van der Waals surface area contributed by atoms with Gasteiger partial charge in [-0.25, -0.2) is 4.79 Å². The Morgan fingerprint density at radius 3 is 2.00 bits per heavy atom. The van der Waals surface area contributed by atoms with Gasteiger partial charge in [0, 0.05) is 34.2 Å². The number of nitrogens with zero attached hydrogens (tertiary/aromatic N) is 3. The Balaban J connectivity index is 1.33. The summed E-state index contributed by atoms with van der Waals surface area (Å²) in [5.41, 5.74) is 2.83. The van der Waals surface area contributed by atoms with E-state index in [1.54, 1.807) is 133 Å². The normalized spacial score (nSPS) is 14.0. The van der Waals surface area contributed by atoms with E-state index in [1.807, 2.05) is 19.9 Å². The van der Waals surface area contributed by atoms with Crippen LogP contribution in [0, 0.1) is 0 Å². The van der Waals surface area contributed by atoms with Gasteiger partial charge in [-0.2, -0.15) is 0 Å². The Bertz CT molecular complexity index is 2100. The number of rotatable bonds is 10. The number of fused-ring (bicyclic) bond motifs is 1. The molecule has 1 aliphatic heterocycles. The number of nitrogens with one attached hydrogen (secondary N) is 2. The first-order chi connectivity index (χ1) is 25.2. The van der Waals surface area contributed by atoms with Crippen LogP contribution in [-0.4, -0.2) is 55.3 Å². The number of para-hydroxylation sites is 3. The highest BCUT2D eigenvalue weighted by Gasteiger charge is 2.43. The molecule has 0 spiro atoms. The number of carbonyl (C=O) groups excluding carboxylic acids is 5. The molecule has 2 N–H and O–H groups in total. The lowest BCUT2D eigenvalue weighted by atomic mass is 10.0. The Labute approximate surface area is 301 Å². The first kappa shape index (κ1) is 35.1. The van der Waals surface area contributed by atoms with Crippen LogP contribution < -0.4 is 30.1 Å². The highest BCUT2D eigenvalue weighted by molar-refractivity contribution is 6.25. The molecule has 0 aliphatic carbocycles. The number of methoxy groups -OCH3 is 1. The molecular weight excluding hydrogens is 658 g/mol. The molecule has 0 aromatic heterocycles. The average Bonchev–Trinajstić information content (AvgIpc) is 3.24. The van der Waals surface area contributed by atoms with Gasteiger partial charge in [-0.15, -0.1) is 0 Å². The number of ketones is 1. The molecule has 11 heteroatoms. The smallest absolute Gasteiger partial charge is 0.320 e.